The molecular weight excluding hydrogens is 538 g/mol. The molecule has 1 aromatic rings. The zero-order valence-corrected chi connectivity index (χ0v) is 25.5. The van der Waals surface area contributed by atoms with Crippen LogP contribution in [0.5, 0.6) is 0 Å². The molecule has 2 bridgehead atoms. The van der Waals surface area contributed by atoms with E-state index >= 15 is 0 Å². The number of piperidine rings is 1. The predicted molar refractivity (Wildman–Crippen MR) is 157 cm³/mol. The third-order valence-corrected chi connectivity index (χ3v) is 10.7. The molecular formula is C33H48F2N4O3. The molecule has 1 saturated carbocycles. The molecule has 0 aromatic heterocycles. The molecule has 1 aromatic carbocycles. The summed E-state index contributed by atoms with van der Waals surface area (Å²) in [4.78, 5) is 33.9. The molecule has 232 valence electrons. The summed E-state index contributed by atoms with van der Waals surface area (Å²) in [6.45, 7) is 10.4. The van der Waals surface area contributed by atoms with E-state index in [0.717, 1.165) is 70.5 Å². The van der Waals surface area contributed by atoms with Gasteiger partial charge in [0.2, 0.25) is 11.8 Å². The van der Waals surface area contributed by atoms with E-state index in [1.807, 2.05) is 30.3 Å². The minimum absolute atomic E-state index is 0.0545. The van der Waals surface area contributed by atoms with E-state index in [1.165, 1.54) is 0 Å². The van der Waals surface area contributed by atoms with Crippen molar-refractivity contribution in [3.63, 3.8) is 0 Å². The van der Waals surface area contributed by atoms with Gasteiger partial charge in [-0.2, -0.15) is 0 Å². The molecule has 4 heterocycles. The van der Waals surface area contributed by atoms with Gasteiger partial charge in [0.25, 0.3) is 0 Å². The van der Waals surface area contributed by atoms with Crippen LogP contribution >= 0.6 is 0 Å². The highest BCUT2D eigenvalue weighted by molar-refractivity contribution is 5.79. The monoisotopic (exact) mass is 586 g/mol. The Bertz CT molecular complexity index is 1120. The normalized spacial score (nSPS) is 31.5. The van der Waals surface area contributed by atoms with Crippen molar-refractivity contribution in [1.82, 2.24) is 20.0 Å². The lowest BCUT2D eigenvalue weighted by atomic mass is 9.80. The highest BCUT2D eigenvalue weighted by atomic mass is 19.3. The number of carbonyl (C=O) groups excluding carboxylic acids is 2. The van der Waals surface area contributed by atoms with Gasteiger partial charge in [-0.05, 0) is 64.4 Å². The average Bonchev–Trinajstić information content (AvgIpc) is 3.33. The number of nitrogens with zero attached hydrogens (tertiary/aromatic N) is 3. The molecule has 1 spiro atoms. The van der Waals surface area contributed by atoms with Gasteiger partial charge in [-0.25, -0.2) is 13.6 Å². The van der Waals surface area contributed by atoms with Gasteiger partial charge >= 0.3 is 6.03 Å². The number of fused-ring (bicyclic) bond motifs is 2. The maximum absolute atomic E-state index is 13.7. The van der Waals surface area contributed by atoms with Crippen LogP contribution in [0.25, 0.3) is 0 Å². The highest BCUT2D eigenvalue weighted by Crippen LogP contribution is 2.48. The molecule has 1 N–H and O–H groups in total. The predicted octanol–water partition coefficient (Wildman–Crippen LogP) is 5.61. The van der Waals surface area contributed by atoms with Crippen molar-refractivity contribution in [3.8, 4) is 0 Å². The second kappa shape index (κ2) is 11.3. The summed E-state index contributed by atoms with van der Waals surface area (Å²) < 4.78 is 32.9. The molecule has 7 nitrogen and oxygen atoms in total. The number of hydrogen-bond donors (Lipinski definition) is 1. The summed E-state index contributed by atoms with van der Waals surface area (Å²) >= 11 is 0. The second-order valence-corrected chi connectivity index (χ2v) is 14.6. The van der Waals surface area contributed by atoms with Gasteiger partial charge in [0.1, 0.15) is 0 Å². The molecule has 4 aliphatic heterocycles. The number of nitrogens with one attached hydrogen (secondary N) is 1. The fourth-order valence-electron chi connectivity index (χ4n) is 8.73. The minimum atomic E-state index is -2.64. The van der Waals surface area contributed by atoms with Crippen LogP contribution in [0.1, 0.15) is 90.2 Å². The maximum Gasteiger partial charge on any atom is 0.320 e. The number of amides is 3. The number of halogens is 2. The molecule has 3 amide bonds. The van der Waals surface area contributed by atoms with Gasteiger partial charge in [0.15, 0.2) is 0 Å². The van der Waals surface area contributed by atoms with Crippen LogP contribution in [0.2, 0.25) is 0 Å². The van der Waals surface area contributed by atoms with Crippen molar-refractivity contribution < 1.29 is 23.1 Å². The number of carbonyl (C=O) groups is 2. The van der Waals surface area contributed by atoms with E-state index in [9.17, 15) is 18.4 Å². The SMILES string of the molecule is CC(C)N1C(=O)N(CC2(C)COC2)CC12CC1CCC(C2)N1CC[C@H](NC(=O)C1CCC(F)(F)CC1)c1ccccc1. The Morgan fingerprint density at radius 3 is 2.26 bits per heavy atom. The standard InChI is InChI=1S/C33H48F2N4O3/c1-23(2)39-30(41)37(19-31(3)21-42-22-31)20-32(39)17-26-9-10-27(18-32)38(26)16-13-28(24-7-5-4-6-8-24)36-29(40)25-11-14-33(34,35)15-12-25/h4-8,23,25-28H,9-22H2,1-3H3,(H,36,40)/t26?,27?,28-,32?/m0/s1. The summed E-state index contributed by atoms with van der Waals surface area (Å²) in [7, 11) is 0. The fourth-order valence-corrected chi connectivity index (χ4v) is 8.73. The second-order valence-electron chi connectivity index (χ2n) is 14.6. The van der Waals surface area contributed by atoms with Crippen molar-refractivity contribution in [2.24, 2.45) is 11.3 Å². The molecule has 5 fully saturated rings. The van der Waals surface area contributed by atoms with E-state index in [4.69, 9.17) is 4.74 Å². The molecule has 6 rings (SSSR count). The van der Waals surface area contributed by atoms with E-state index in [1.54, 1.807) is 0 Å². The van der Waals surface area contributed by atoms with Gasteiger partial charge in [0.05, 0.1) is 24.8 Å². The highest BCUT2D eigenvalue weighted by Gasteiger charge is 2.58. The van der Waals surface area contributed by atoms with Crippen molar-refractivity contribution in [2.45, 2.75) is 114 Å². The van der Waals surface area contributed by atoms with Gasteiger partial charge in [-0.1, -0.05) is 37.3 Å². The molecule has 0 radical (unpaired) electrons. The number of urea groups is 1. The van der Waals surface area contributed by atoms with Crippen LogP contribution in [0.4, 0.5) is 13.6 Å². The van der Waals surface area contributed by atoms with Crippen molar-refractivity contribution in [3.05, 3.63) is 35.9 Å². The van der Waals surface area contributed by atoms with E-state index in [0.29, 0.717) is 12.1 Å². The number of ether oxygens (including phenoxy) is 1. The first kappa shape index (κ1) is 29.8. The van der Waals surface area contributed by atoms with Crippen LogP contribution < -0.4 is 5.32 Å². The number of hydrogen-bond acceptors (Lipinski definition) is 4. The Hall–Kier alpha value is -2.26. The lowest BCUT2D eigenvalue weighted by molar-refractivity contribution is -0.130. The molecule has 5 aliphatic rings. The Balaban J connectivity index is 1.13. The fraction of sp³-hybridized carbons (Fsp3) is 0.758. The Kier molecular flexibility index (Phi) is 8.05. The van der Waals surface area contributed by atoms with Crippen molar-refractivity contribution >= 4 is 11.9 Å². The van der Waals surface area contributed by atoms with Crippen LogP contribution in [0.3, 0.4) is 0 Å². The molecule has 1 aliphatic carbocycles. The third-order valence-electron chi connectivity index (χ3n) is 10.7. The van der Waals surface area contributed by atoms with Crippen molar-refractivity contribution in [1.29, 1.82) is 0 Å². The Labute approximate surface area is 249 Å². The van der Waals surface area contributed by atoms with Gasteiger partial charge < -0.3 is 19.9 Å². The zero-order chi connectivity index (χ0) is 29.7. The Morgan fingerprint density at radius 1 is 1.05 bits per heavy atom. The van der Waals surface area contributed by atoms with Crippen molar-refractivity contribution in [2.75, 3.05) is 32.8 Å². The largest absolute Gasteiger partial charge is 0.380 e. The number of alkyl halides is 2. The molecule has 4 saturated heterocycles. The van der Waals surface area contributed by atoms with Gasteiger partial charge in [0, 0.05) is 61.9 Å². The third kappa shape index (κ3) is 5.80. The first-order valence-electron chi connectivity index (χ1n) is 16.1. The number of rotatable bonds is 9. The summed E-state index contributed by atoms with van der Waals surface area (Å²) in [5, 5.41) is 3.25. The summed E-state index contributed by atoms with van der Waals surface area (Å²) in [5.74, 6) is -3.08. The topological polar surface area (TPSA) is 65.1 Å². The van der Waals surface area contributed by atoms with Crippen LogP contribution in [-0.4, -0.2) is 89.1 Å². The summed E-state index contributed by atoms with van der Waals surface area (Å²) in [6.07, 6.45) is 5.08. The first-order chi connectivity index (χ1) is 20.0. The van der Waals surface area contributed by atoms with Crippen LogP contribution in [0.15, 0.2) is 30.3 Å². The van der Waals surface area contributed by atoms with E-state index < -0.39 is 5.92 Å². The maximum atomic E-state index is 13.7. The van der Waals surface area contributed by atoms with Gasteiger partial charge in [-0.3, -0.25) is 9.69 Å². The molecule has 9 heteroatoms. The van der Waals surface area contributed by atoms with Crippen LogP contribution in [0, 0.1) is 11.3 Å². The van der Waals surface area contributed by atoms with E-state index in [2.05, 4.69) is 40.8 Å². The van der Waals surface area contributed by atoms with E-state index in [-0.39, 0.29) is 66.6 Å². The first-order valence-corrected chi connectivity index (χ1v) is 16.1. The zero-order valence-electron chi connectivity index (χ0n) is 25.5. The minimum Gasteiger partial charge on any atom is -0.380 e. The number of benzene rings is 1. The Morgan fingerprint density at radius 2 is 1.69 bits per heavy atom. The molecule has 42 heavy (non-hydrogen) atoms. The molecule has 3 atom stereocenters. The van der Waals surface area contributed by atoms with Crippen LogP contribution in [-0.2, 0) is 9.53 Å². The summed E-state index contributed by atoms with van der Waals surface area (Å²) in [6, 6.07) is 11.0. The quantitative estimate of drug-likeness (QED) is 0.409. The average molecular weight is 587 g/mol. The smallest absolute Gasteiger partial charge is 0.320 e. The van der Waals surface area contributed by atoms with Gasteiger partial charge in [-0.15, -0.1) is 0 Å². The summed E-state index contributed by atoms with van der Waals surface area (Å²) in [5.41, 5.74) is 0.980. The lowest BCUT2D eigenvalue weighted by Gasteiger charge is -2.49. The lowest BCUT2D eigenvalue weighted by Crippen LogP contribution is -2.60. The molecule has 2 unspecified atom stereocenters.